The second kappa shape index (κ2) is 8.31. The Morgan fingerprint density at radius 2 is 1.69 bits per heavy atom. The van der Waals surface area contributed by atoms with Crippen LogP contribution in [-0.4, -0.2) is 54.5 Å². The molecule has 8 heteroatoms. The first-order valence-corrected chi connectivity index (χ1v) is 11.0. The maximum Gasteiger partial charge on any atom is 0.573 e. The van der Waals surface area contributed by atoms with E-state index >= 15 is 0 Å². The van der Waals surface area contributed by atoms with Crippen molar-refractivity contribution in [1.29, 1.82) is 0 Å². The first kappa shape index (κ1) is 21.1. The van der Waals surface area contributed by atoms with Gasteiger partial charge in [0, 0.05) is 13.1 Å². The molecule has 2 bridgehead atoms. The van der Waals surface area contributed by atoms with Crippen LogP contribution in [0.3, 0.4) is 0 Å². The number of hydrogen-bond acceptors (Lipinski definition) is 4. The van der Waals surface area contributed by atoms with Crippen molar-refractivity contribution in [3.63, 3.8) is 0 Å². The van der Waals surface area contributed by atoms with E-state index in [1.54, 1.807) is 17.0 Å². The molecule has 4 heterocycles. The SMILES string of the molecule is O=C(OC1CN2CCC1CC2)N1CCc2ccccc2[C@@H]1c1ccc(OC(F)(F)F)cc1. The molecule has 3 saturated heterocycles. The van der Waals surface area contributed by atoms with Crippen LogP contribution in [0.15, 0.2) is 48.5 Å². The van der Waals surface area contributed by atoms with Crippen molar-refractivity contribution < 1.29 is 27.4 Å². The van der Waals surface area contributed by atoms with Gasteiger partial charge in [-0.3, -0.25) is 9.80 Å². The summed E-state index contributed by atoms with van der Waals surface area (Å²) in [5, 5.41) is 0. The first-order chi connectivity index (χ1) is 15.4. The Morgan fingerprint density at radius 1 is 0.969 bits per heavy atom. The maximum atomic E-state index is 13.3. The number of amides is 1. The van der Waals surface area contributed by atoms with Crippen LogP contribution in [0, 0.1) is 5.92 Å². The Balaban J connectivity index is 1.41. The van der Waals surface area contributed by atoms with E-state index in [0.717, 1.165) is 49.2 Å². The minimum atomic E-state index is -4.75. The Hall–Kier alpha value is -2.74. The van der Waals surface area contributed by atoms with Gasteiger partial charge < -0.3 is 9.47 Å². The third-order valence-electron chi connectivity index (χ3n) is 6.80. The molecule has 32 heavy (non-hydrogen) atoms. The molecular formula is C24H25F3N2O3. The van der Waals surface area contributed by atoms with Crippen LogP contribution >= 0.6 is 0 Å². The van der Waals surface area contributed by atoms with E-state index in [9.17, 15) is 18.0 Å². The molecule has 1 amide bonds. The molecule has 170 valence electrons. The standard InChI is InChI=1S/C24H25F3N2O3/c25-24(26,27)32-19-7-5-18(6-8-19)22-20-4-2-1-3-16(20)11-14-29(22)23(30)31-21-15-28-12-9-17(21)10-13-28/h1-8,17,21-22H,9-15H2/t21?,22-/m0/s1. The van der Waals surface area contributed by atoms with Gasteiger partial charge in [-0.15, -0.1) is 13.2 Å². The summed E-state index contributed by atoms with van der Waals surface area (Å²) in [6.07, 6.45) is -2.42. The van der Waals surface area contributed by atoms with Crippen molar-refractivity contribution in [2.45, 2.75) is 37.8 Å². The molecule has 3 fully saturated rings. The molecule has 4 aliphatic heterocycles. The van der Waals surface area contributed by atoms with Crippen molar-refractivity contribution in [2.24, 2.45) is 5.92 Å². The molecule has 6 rings (SSSR count). The van der Waals surface area contributed by atoms with Gasteiger partial charge in [-0.05, 0) is 67.1 Å². The number of piperidine rings is 3. The molecule has 2 aromatic rings. The number of nitrogens with zero attached hydrogens (tertiary/aromatic N) is 2. The summed E-state index contributed by atoms with van der Waals surface area (Å²) in [4.78, 5) is 17.3. The molecule has 1 unspecified atom stereocenters. The van der Waals surface area contributed by atoms with Crippen LogP contribution in [0.4, 0.5) is 18.0 Å². The lowest BCUT2D eigenvalue weighted by atomic mass is 9.86. The second-order valence-electron chi connectivity index (χ2n) is 8.72. The highest BCUT2D eigenvalue weighted by molar-refractivity contribution is 5.70. The Morgan fingerprint density at radius 3 is 2.34 bits per heavy atom. The van der Waals surface area contributed by atoms with Gasteiger partial charge in [0.1, 0.15) is 11.9 Å². The molecule has 0 aromatic heterocycles. The Labute approximate surface area is 184 Å². The largest absolute Gasteiger partial charge is 0.573 e. The number of alkyl halides is 3. The third-order valence-corrected chi connectivity index (χ3v) is 6.80. The van der Waals surface area contributed by atoms with E-state index in [1.807, 2.05) is 24.3 Å². The number of carbonyl (C=O) groups is 1. The van der Waals surface area contributed by atoms with Crippen LogP contribution in [0.2, 0.25) is 0 Å². The Bertz CT molecular complexity index is 971. The highest BCUT2D eigenvalue weighted by Gasteiger charge is 2.39. The summed E-state index contributed by atoms with van der Waals surface area (Å²) in [7, 11) is 0. The lowest BCUT2D eigenvalue weighted by molar-refractivity contribution is -0.274. The van der Waals surface area contributed by atoms with Gasteiger partial charge in [0.25, 0.3) is 0 Å². The zero-order chi connectivity index (χ0) is 22.3. The smallest absolute Gasteiger partial charge is 0.444 e. The summed E-state index contributed by atoms with van der Waals surface area (Å²) in [6, 6.07) is 13.2. The van der Waals surface area contributed by atoms with Gasteiger partial charge in [-0.1, -0.05) is 36.4 Å². The van der Waals surface area contributed by atoms with Gasteiger partial charge in [-0.2, -0.15) is 0 Å². The van der Waals surface area contributed by atoms with Crippen molar-refractivity contribution in [2.75, 3.05) is 26.2 Å². The maximum absolute atomic E-state index is 13.3. The van der Waals surface area contributed by atoms with E-state index in [0.29, 0.717) is 18.9 Å². The van der Waals surface area contributed by atoms with Crippen LogP contribution in [0.1, 0.15) is 35.6 Å². The second-order valence-corrected chi connectivity index (χ2v) is 8.72. The molecule has 5 nitrogen and oxygen atoms in total. The molecule has 0 saturated carbocycles. The summed E-state index contributed by atoms with van der Waals surface area (Å²) >= 11 is 0. The number of halogens is 3. The lowest BCUT2D eigenvalue weighted by Crippen LogP contribution is -2.53. The predicted octanol–water partition coefficient (Wildman–Crippen LogP) is 4.76. The zero-order valence-electron chi connectivity index (χ0n) is 17.6. The number of fused-ring (bicyclic) bond motifs is 4. The van der Waals surface area contributed by atoms with Crippen LogP contribution in [0.5, 0.6) is 5.75 Å². The van der Waals surface area contributed by atoms with Crippen molar-refractivity contribution in [1.82, 2.24) is 9.80 Å². The molecule has 2 atom stereocenters. The summed E-state index contributed by atoms with van der Waals surface area (Å²) < 4.78 is 47.7. The quantitative estimate of drug-likeness (QED) is 0.682. The van der Waals surface area contributed by atoms with E-state index in [4.69, 9.17) is 4.74 Å². The average molecular weight is 446 g/mol. The van der Waals surface area contributed by atoms with Crippen molar-refractivity contribution in [3.8, 4) is 5.75 Å². The monoisotopic (exact) mass is 446 g/mol. The van der Waals surface area contributed by atoms with Gasteiger partial charge in [-0.25, -0.2) is 4.79 Å². The average Bonchev–Trinajstić information content (AvgIpc) is 2.79. The summed E-state index contributed by atoms with van der Waals surface area (Å²) in [5.41, 5.74) is 2.81. The van der Waals surface area contributed by atoms with Gasteiger partial charge in [0.15, 0.2) is 0 Å². The third kappa shape index (κ3) is 4.28. The first-order valence-electron chi connectivity index (χ1n) is 11.0. The fraction of sp³-hybridized carbons (Fsp3) is 0.458. The predicted molar refractivity (Wildman–Crippen MR) is 111 cm³/mol. The van der Waals surface area contributed by atoms with Gasteiger partial charge in [0.05, 0.1) is 6.04 Å². The van der Waals surface area contributed by atoms with E-state index in [1.165, 1.54) is 12.1 Å². The molecule has 2 aromatic carbocycles. The summed E-state index contributed by atoms with van der Waals surface area (Å²) in [5.74, 6) is 0.116. The minimum absolute atomic E-state index is 0.106. The highest BCUT2D eigenvalue weighted by Crippen LogP contribution is 2.38. The summed E-state index contributed by atoms with van der Waals surface area (Å²) in [6.45, 7) is 3.38. The Kier molecular flexibility index (Phi) is 5.49. The molecule has 0 spiro atoms. The molecule has 0 aliphatic carbocycles. The number of hydrogen-bond donors (Lipinski definition) is 0. The minimum Gasteiger partial charge on any atom is -0.444 e. The fourth-order valence-electron chi connectivity index (χ4n) is 5.22. The van der Waals surface area contributed by atoms with Crippen LogP contribution in [-0.2, 0) is 11.2 Å². The highest BCUT2D eigenvalue weighted by atomic mass is 19.4. The number of carbonyl (C=O) groups excluding carboxylic acids is 1. The topological polar surface area (TPSA) is 42.0 Å². The van der Waals surface area contributed by atoms with Crippen LogP contribution < -0.4 is 4.74 Å². The van der Waals surface area contributed by atoms with Gasteiger partial charge >= 0.3 is 12.5 Å². The van der Waals surface area contributed by atoms with Crippen molar-refractivity contribution >= 4 is 6.09 Å². The number of benzene rings is 2. The fourth-order valence-corrected chi connectivity index (χ4v) is 5.22. The van der Waals surface area contributed by atoms with Crippen LogP contribution in [0.25, 0.3) is 0 Å². The van der Waals surface area contributed by atoms with E-state index in [2.05, 4.69) is 9.64 Å². The number of rotatable bonds is 3. The number of ether oxygens (including phenoxy) is 2. The molecule has 0 radical (unpaired) electrons. The zero-order valence-corrected chi connectivity index (χ0v) is 17.6. The van der Waals surface area contributed by atoms with E-state index in [-0.39, 0.29) is 17.9 Å². The van der Waals surface area contributed by atoms with Gasteiger partial charge in [0.2, 0.25) is 0 Å². The molecule has 4 aliphatic rings. The lowest BCUT2D eigenvalue weighted by Gasteiger charge is -2.45. The van der Waals surface area contributed by atoms with Crippen molar-refractivity contribution in [3.05, 3.63) is 65.2 Å². The molecule has 0 N–H and O–H groups in total. The molecular weight excluding hydrogens is 421 g/mol. The normalized spacial score (nSPS) is 27.0. The van der Waals surface area contributed by atoms with E-state index < -0.39 is 12.4 Å².